The van der Waals surface area contributed by atoms with Gasteiger partial charge in [0.25, 0.3) is 0 Å². The van der Waals surface area contributed by atoms with Crippen molar-refractivity contribution in [1.82, 2.24) is 0 Å². The number of rotatable bonds is 6. The highest BCUT2D eigenvalue weighted by molar-refractivity contribution is 6.89. The highest BCUT2D eigenvalue weighted by Gasteiger charge is 2.60. The van der Waals surface area contributed by atoms with Crippen LogP contribution in [0.4, 0.5) is 22.7 Å². The van der Waals surface area contributed by atoms with Gasteiger partial charge in [0.05, 0.1) is 32.6 Å². The zero-order chi connectivity index (χ0) is 49.1. The molecule has 2 aliphatic heterocycles. The van der Waals surface area contributed by atoms with Crippen molar-refractivity contribution in [3.63, 3.8) is 0 Å². The summed E-state index contributed by atoms with van der Waals surface area (Å²) in [5.74, 6) is 0. The molecule has 0 bridgehead atoms. The van der Waals surface area contributed by atoms with Crippen LogP contribution in [0, 0.1) is 0 Å². The summed E-state index contributed by atoms with van der Waals surface area (Å²) in [4.78, 5) is 5.63. The third kappa shape index (κ3) is 5.92. The summed E-state index contributed by atoms with van der Waals surface area (Å²) in [6.45, 7) is 25.4. The molecule has 4 unspecified atom stereocenters. The first-order valence-electron chi connectivity index (χ1n) is 27.1. The Bertz CT molecular complexity index is 3450. The van der Waals surface area contributed by atoms with E-state index >= 15 is 0 Å². The molecule has 3 aliphatic carbocycles. The summed E-state index contributed by atoms with van der Waals surface area (Å²) in [5, 5.41) is 8.49. The fourth-order valence-electron chi connectivity index (χ4n) is 15.7. The zero-order valence-electron chi connectivity index (χ0n) is 44.1. The van der Waals surface area contributed by atoms with Gasteiger partial charge in [-0.05, 0) is 142 Å². The lowest BCUT2D eigenvalue weighted by atomic mass is 9.61. The lowest BCUT2D eigenvalue weighted by molar-refractivity contribution is 0.195. The highest BCUT2D eigenvalue weighted by atomic mass is 28.3. The molecule has 4 atom stereocenters. The first-order valence-corrected chi connectivity index (χ1v) is 34.1. The van der Waals surface area contributed by atoms with Crippen molar-refractivity contribution in [1.29, 1.82) is 0 Å². The van der Waals surface area contributed by atoms with E-state index in [9.17, 15) is 0 Å². The first kappa shape index (κ1) is 45.2. The maximum absolute atomic E-state index is 2.82. The van der Waals surface area contributed by atoms with Gasteiger partial charge in [-0.2, -0.15) is 0 Å². The Kier molecular flexibility index (Phi) is 9.66. The minimum Gasteiger partial charge on any atom is -0.334 e. The van der Waals surface area contributed by atoms with Gasteiger partial charge >= 0.3 is 0 Å². The van der Waals surface area contributed by atoms with E-state index in [0.29, 0.717) is 0 Å². The second-order valence-electron chi connectivity index (χ2n) is 25.5. The normalized spacial score (nSPS) is 25.2. The summed E-state index contributed by atoms with van der Waals surface area (Å²) in [7, 11) is -3.09. The van der Waals surface area contributed by atoms with Gasteiger partial charge in [-0.25, -0.2) is 0 Å². The summed E-state index contributed by atoms with van der Waals surface area (Å²) < 4.78 is 0. The molecule has 71 heavy (non-hydrogen) atoms. The Labute approximate surface area is 426 Å². The first-order chi connectivity index (χ1) is 33.9. The third-order valence-electron chi connectivity index (χ3n) is 19.9. The van der Waals surface area contributed by atoms with Crippen molar-refractivity contribution < 1.29 is 0 Å². The Balaban J connectivity index is 1.09. The van der Waals surface area contributed by atoms with Crippen molar-refractivity contribution >= 4 is 70.8 Å². The Morgan fingerprint density at radius 1 is 0.394 bits per heavy atom. The van der Waals surface area contributed by atoms with Crippen LogP contribution in [0.2, 0.25) is 39.3 Å². The molecule has 8 aromatic carbocycles. The molecule has 0 N–H and O–H groups in total. The van der Waals surface area contributed by atoms with Crippen LogP contribution in [0.1, 0.15) is 112 Å². The average Bonchev–Trinajstić information content (AvgIpc) is 3.87. The van der Waals surface area contributed by atoms with Crippen molar-refractivity contribution in [2.24, 2.45) is 0 Å². The fourth-order valence-corrected chi connectivity index (χ4v) is 18.0. The summed E-state index contributed by atoms with van der Waals surface area (Å²) >= 11 is 0. The van der Waals surface area contributed by atoms with Crippen molar-refractivity contribution in [3.8, 4) is 11.1 Å². The Morgan fingerprint density at radius 3 is 1.38 bits per heavy atom. The van der Waals surface area contributed by atoms with E-state index in [0.717, 1.165) is 0 Å². The molecule has 8 aromatic rings. The second kappa shape index (κ2) is 15.2. The maximum Gasteiger partial charge on any atom is 0.0776 e. The van der Waals surface area contributed by atoms with Crippen LogP contribution < -0.4 is 20.2 Å². The minimum atomic E-state index is -1.55. The van der Waals surface area contributed by atoms with Crippen LogP contribution in [-0.2, 0) is 16.2 Å². The Hall–Kier alpha value is -5.69. The molecule has 4 heteroatoms. The number of hydrogen-bond donors (Lipinski definition) is 0. The summed E-state index contributed by atoms with van der Waals surface area (Å²) in [6, 6.07) is 63.1. The maximum atomic E-state index is 2.82. The van der Waals surface area contributed by atoms with E-state index in [1.54, 1.807) is 21.5 Å². The van der Waals surface area contributed by atoms with E-state index in [-0.39, 0.29) is 21.9 Å². The molecule has 0 aromatic heterocycles. The molecule has 0 spiro atoms. The highest BCUT2D eigenvalue weighted by Crippen LogP contribution is 2.66. The fraction of sp³-hybridized carbons (Fsp3) is 0.343. The number of fused-ring (bicyclic) bond motifs is 14. The van der Waals surface area contributed by atoms with Gasteiger partial charge in [0.1, 0.15) is 0 Å². The van der Waals surface area contributed by atoms with Crippen LogP contribution in [0.5, 0.6) is 0 Å². The van der Waals surface area contributed by atoms with Crippen LogP contribution in [0.3, 0.4) is 0 Å². The van der Waals surface area contributed by atoms with Crippen molar-refractivity contribution in [3.05, 3.63) is 191 Å². The average molecular weight is 961 g/mol. The van der Waals surface area contributed by atoms with Crippen LogP contribution in [-0.4, -0.2) is 27.2 Å². The standard InChI is InChI=1S/C67H72N2Si2/c1-63-37-19-21-39-65(63,3)68(59-35-31-49(43-57(59)63)70(5,6)7)47-29-33-53-55(41-47)51-27-17-18-28-52(51)61-54-34-30-48(42-56(54)67(62(53)61,45-23-13-11-14-24-45)46-25-15-12-16-26-46)69-60-36-32-50(71(8,9)10)44-58(60)64(2)38-20-22-40-66(64,69)4/h11-18,23-36,41-44H,19-22,37-40H2,1-10H3. The zero-order valence-corrected chi connectivity index (χ0v) is 46.1. The van der Waals surface area contributed by atoms with Gasteiger partial charge in [0.2, 0.25) is 0 Å². The quantitative estimate of drug-likeness (QED) is 0.121. The third-order valence-corrected chi connectivity index (χ3v) is 24.0. The predicted octanol–water partition coefficient (Wildman–Crippen LogP) is 16.9. The van der Waals surface area contributed by atoms with Gasteiger partial charge in [-0.3, -0.25) is 0 Å². The van der Waals surface area contributed by atoms with Crippen LogP contribution >= 0.6 is 0 Å². The predicted molar refractivity (Wildman–Crippen MR) is 310 cm³/mol. The van der Waals surface area contributed by atoms with Crippen molar-refractivity contribution in [2.45, 2.75) is 146 Å². The van der Waals surface area contributed by atoms with Gasteiger partial charge in [-0.1, -0.05) is 211 Å². The topological polar surface area (TPSA) is 6.48 Å². The molecule has 2 heterocycles. The smallest absolute Gasteiger partial charge is 0.0776 e. The second-order valence-corrected chi connectivity index (χ2v) is 35.7. The molecule has 0 radical (unpaired) electrons. The molecular formula is C67H72N2Si2. The molecule has 5 aliphatic rings. The van der Waals surface area contributed by atoms with E-state index in [1.165, 1.54) is 129 Å². The molecule has 0 amide bonds. The van der Waals surface area contributed by atoms with E-state index in [4.69, 9.17) is 0 Å². The molecule has 13 rings (SSSR count). The van der Waals surface area contributed by atoms with Crippen LogP contribution in [0.25, 0.3) is 32.7 Å². The number of anilines is 4. The lowest BCUT2D eigenvalue weighted by Gasteiger charge is -2.50. The van der Waals surface area contributed by atoms with Crippen LogP contribution in [0.15, 0.2) is 158 Å². The SMILES string of the molecule is CC12CCCCC1(C)N(c1ccc3c(c1)C(c1ccccc1)(c1ccccc1)c1c-3c3ccccc3c3cc(N4c5ccc([Si](C)(C)C)cc5C5(C)CCCCC45C)ccc13)c1ccc([Si](C)(C)C)cc12. The van der Waals surface area contributed by atoms with Gasteiger partial charge in [0, 0.05) is 33.6 Å². The molecule has 2 nitrogen and oxygen atoms in total. The van der Waals surface area contributed by atoms with Gasteiger partial charge < -0.3 is 9.80 Å². The number of hydrogen-bond acceptors (Lipinski definition) is 2. The molecule has 2 saturated carbocycles. The van der Waals surface area contributed by atoms with E-state index in [2.05, 4.69) is 235 Å². The summed E-state index contributed by atoms with van der Waals surface area (Å²) in [5.41, 5.74) is 16.2. The van der Waals surface area contributed by atoms with Gasteiger partial charge in [0.15, 0.2) is 0 Å². The molecule has 2 fully saturated rings. The minimum absolute atomic E-state index is 0.0359. The molecular weight excluding hydrogens is 889 g/mol. The monoisotopic (exact) mass is 961 g/mol. The summed E-state index contributed by atoms with van der Waals surface area (Å²) in [6.07, 6.45) is 9.90. The number of benzene rings is 8. The van der Waals surface area contributed by atoms with Gasteiger partial charge in [-0.15, -0.1) is 0 Å². The lowest BCUT2D eigenvalue weighted by Crippen LogP contribution is -2.54. The molecule has 0 saturated heterocycles. The Morgan fingerprint density at radius 2 is 0.859 bits per heavy atom. The largest absolute Gasteiger partial charge is 0.334 e. The van der Waals surface area contributed by atoms with E-state index < -0.39 is 21.6 Å². The molecule has 358 valence electrons. The number of nitrogens with zero attached hydrogens (tertiary/aromatic N) is 2. The van der Waals surface area contributed by atoms with Crippen molar-refractivity contribution in [2.75, 3.05) is 9.80 Å². The van der Waals surface area contributed by atoms with E-state index in [1.807, 2.05) is 0 Å².